The van der Waals surface area contributed by atoms with Crippen molar-refractivity contribution >= 4 is 5.82 Å². The number of ether oxygens (including phenoxy) is 2. The minimum atomic E-state index is 0.108. The minimum absolute atomic E-state index is 0.108. The second kappa shape index (κ2) is 5.23. The van der Waals surface area contributed by atoms with E-state index in [1.807, 2.05) is 13.8 Å². The highest BCUT2D eigenvalue weighted by atomic mass is 16.6. The van der Waals surface area contributed by atoms with Gasteiger partial charge in [-0.3, -0.25) is 4.98 Å². The van der Waals surface area contributed by atoms with Crippen molar-refractivity contribution in [3.63, 3.8) is 0 Å². The third-order valence-corrected chi connectivity index (χ3v) is 2.59. The van der Waals surface area contributed by atoms with Crippen molar-refractivity contribution in [1.82, 2.24) is 9.97 Å². The first-order valence-corrected chi connectivity index (χ1v) is 5.49. The number of hydrogen-bond donors (Lipinski definition) is 1. The molecule has 5 heteroatoms. The van der Waals surface area contributed by atoms with E-state index in [4.69, 9.17) is 9.47 Å². The van der Waals surface area contributed by atoms with Crippen LogP contribution < -0.4 is 5.32 Å². The molecular weight excluding hydrogens is 206 g/mol. The van der Waals surface area contributed by atoms with Crippen LogP contribution in [0.25, 0.3) is 0 Å². The first-order chi connectivity index (χ1) is 7.75. The van der Waals surface area contributed by atoms with E-state index in [2.05, 4.69) is 15.3 Å². The lowest BCUT2D eigenvalue weighted by Crippen LogP contribution is -2.34. The van der Waals surface area contributed by atoms with Gasteiger partial charge in [0.1, 0.15) is 5.82 Å². The van der Waals surface area contributed by atoms with Crippen LogP contribution in [0.15, 0.2) is 6.20 Å². The molecule has 2 rings (SSSR count). The molecule has 1 aliphatic heterocycles. The molecule has 0 radical (unpaired) electrons. The van der Waals surface area contributed by atoms with Crippen LogP contribution >= 0.6 is 0 Å². The Labute approximate surface area is 95.2 Å². The lowest BCUT2D eigenvalue weighted by Gasteiger charge is -2.23. The van der Waals surface area contributed by atoms with Crippen LogP contribution in [0.3, 0.4) is 0 Å². The molecule has 1 fully saturated rings. The molecule has 0 amide bonds. The number of rotatable bonds is 3. The topological polar surface area (TPSA) is 56.3 Å². The van der Waals surface area contributed by atoms with Gasteiger partial charge < -0.3 is 14.8 Å². The Morgan fingerprint density at radius 1 is 1.38 bits per heavy atom. The number of aromatic nitrogens is 2. The Hall–Kier alpha value is -1.20. The fraction of sp³-hybridized carbons (Fsp3) is 0.636. The highest BCUT2D eigenvalue weighted by molar-refractivity contribution is 5.33. The van der Waals surface area contributed by atoms with E-state index >= 15 is 0 Å². The van der Waals surface area contributed by atoms with Gasteiger partial charge in [0.15, 0.2) is 0 Å². The Morgan fingerprint density at radius 2 is 2.25 bits per heavy atom. The van der Waals surface area contributed by atoms with Crippen molar-refractivity contribution < 1.29 is 9.47 Å². The highest BCUT2D eigenvalue weighted by Crippen LogP contribution is 2.07. The molecule has 0 spiro atoms. The summed E-state index contributed by atoms with van der Waals surface area (Å²) in [4.78, 5) is 8.63. The van der Waals surface area contributed by atoms with E-state index in [0.717, 1.165) is 17.2 Å². The van der Waals surface area contributed by atoms with Crippen molar-refractivity contribution in [1.29, 1.82) is 0 Å². The third kappa shape index (κ3) is 2.90. The van der Waals surface area contributed by atoms with Crippen molar-refractivity contribution in [2.75, 3.05) is 31.7 Å². The number of aryl methyl sites for hydroxylation is 2. The Morgan fingerprint density at radius 3 is 2.94 bits per heavy atom. The standard InChI is InChI=1S/C11H17N3O2/c1-8-9(2)14-11(6-12-8)13-5-10-7-15-3-4-16-10/h6,10H,3-5,7H2,1-2H3,(H,13,14). The SMILES string of the molecule is Cc1ncc(NCC2COCCO2)nc1C. The van der Waals surface area contributed by atoms with Crippen LogP contribution in [0.2, 0.25) is 0 Å². The maximum absolute atomic E-state index is 5.52. The third-order valence-electron chi connectivity index (χ3n) is 2.59. The van der Waals surface area contributed by atoms with Gasteiger partial charge in [0.05, 0.1) is 43.5 Å². The van der Waals surface area contributed by atoms with Gasteiger partial charge in [0.25, 0.3) is 0 Å². The molecular formula is C11H17N3O2. The first kappa shape index (κ1) is 11.3. The average Bonchev–Trinajstić information content (AvgIpc) is 2.32. The van der Waals surface area contributed by atoms with E-state index in [-0.39, 0.29) is 6.10 Å². The Kier molecular flexibility index (Phi) is 3.69. The molecule has 16 heavy (non-hydrogen) atoms. The molecule has 0 aliphatic carbocycles. The van der Waals surface area contributed by atoms with E-state index in [0.29, 0.717) is 26.4 Å². The first-order valence-electron chi connectivity index (χ1n) is 5.49. The number of anilines is 1. The summed E-state index contributed by atoms with van der Waals surface area (Å²) < 4.78 is 10.8. The summed E-state index contributed by atoms with van der Waals surface area (Å²) in [7, 11) is 0. The van der Waals surface area contributed by atoms with Gasteiger partial charge in [-0.05, 0) is 13.8 Å². The molecule has 1 unspecified atom stereocenters. The molecule has 1 aliphatic rings. The van der Waals surface area contributed by atoms with Crippen LogP contribution in [0.5, 0.6) is 0 Å². The van der Waals surface area contributed by atoms with Crippen molar-refractivity contribution in [3.8, 4) is 0 Å². The highest BCUT2D eigenvalue weighted by Gasteiger charge is 2.13. The molecule has 0 saturated carbocycles. The molecule has 0 bridgehead atoms. The van der Waals surface area contributed by atoms with E-state index in [1.165, 1.54) is 0 Å². The summed E-state index contributed by atoms with van der Waals surface area (Å²) in [6.07, 6.45) is 1.85. The van der Waals surface area contributed by atoms with Crippen LogP contribution in [0, 0.1) is 13.8 Å². The lowest BCUT2D eigenvalue weighted by atomic mass is 10.3. The second-order valence-corrected chi connectivity index (χ2v) is 3.87. The zero-order valence-corrected chi connectivity index (χ0v) is 9.69. The van der Waals surface area contributed by atoms with E-state index in [1.54, 1.807) is 6.20 Å². The maximum Gasteiger partial charge on any atom is 0.144 e. The predicted molar refractivity (Wildman–Crippen MR) is 60.6 cm³/mol. The summed E-state index contributed by atoms with van der Waals surface area (Å²) >= 11 is 0. The molecule has 88 valence electrons. The van der Waals surface area contributed by atoms with E-state index in [9.17, 15) is 0 Å². The molecule has 1 aromatic rings. The summed E-state index contributed by atoms with van der Waals surface area (Å²) in [5, 5.41) is 3.20. The zero-order chi connectivity index (χ0) is 11.4. The van der Waals surface area contributed by atoms with Gasteiger partial charge in [-0.25, -0.2) is 4.98 Å². The van der Waals surface area contributed by atoms with Crippen LogP contribution in [0.4, 0.5) is 5.82 Å². The fourth-order valence-electron chi connectivity index (χ4n) is 1.50. The van der Waals surface area contributed by atoms with E-state index < -0.39 is 0 Å². The molecule has 1 N–H and O–H groups in total. The summed E-state index contributed by atoms with van der Waals surface area (Å²) in [6, 6.07) is 0. The molecule has 5 nitrogen and oxygen atoms in total. The van der Waals surface area contributed by atoms with Crippen molar-refractivity contribution in [2.24, 2.45) is 0 Å². The largest absolute Gasteiger partial charge is 0.376 e. The average molecular weight is 223 g/mol. The normalized spacial score (nSPS) is 20.8. The summed E-state index contributed by atoms with van der Waals surface area (Å²) in [6.45, 7) is 6.62. The smallest absolute Gasteiger partial charge is 0.144 e. The van der Waals surface area contributed by atoms with Gasteiger partial charge >= 0.3 is 0 Å². The monoisotopic (exact) mass is 223 g/mol. The van der Waals surface area contributed by atoms with Crippen LogP contribution in [-0.2, 0) is 9.47 Å². The van der Waals surface area contributed by atoms with Crippen LogP contribution in [0.1, 0.15) is 11.4 Å². The summed E-state index contributed by atoms with van der Waals surface area (Å²) in [5.41, 5.74) is 1.91. The van der Waals surface area contributed by atoms with Crippen molar-refractivity contribution in [3.05, 3.63) is 17.6 Å². The summed E-state index contributed by atoms with van der Waals surface area (Å²) in [5.74, 6) is 0.789. The Bertz CT molecular complexity index is 351. The number of nitrogens with zero attached hydrogens (tertiary/aromatic N) is 2. The second-order valence-electron chi connectivity index (χ2n) is 3.87. The zero-order valence-electron chi connectivity index (χ0n) is 9.69. The Balaban J connectivity index is 1.86. The van der Waals surface area contributed by atoms with Gasteiger partial charge in [-0.2, -0.15) is 0 Å². The van der Waals surface area contributed by atoms with Gasteiger partial charge in [0, 0.05) is 6.54 Å². The molecule has 1 aromatic heterocycles. The van der Waals surface area contributed by atoms with Gasteiger partial charge in [0.2, 0.25) is 0 Å². The lowest BCUT2D eigenvalue weighted by molar-refractivity contribution is -0.0819. The molecule has 2 heterocycles. The quantitative estimate of drug-likeness (QED) is 0.825. The van der Waals surface area contributed by atoms with Gasteiger partial charge in [-0.15, -0.1) is 0 Å². The predicted octanol–water partition coefficient (Wildman–Crippen LogP) is 0.921. The van der Waals surface area contributed by atoms with Crippen molar-refractivity contribution in [2.45, 2.75) is 20.0 Å². The van der Waals surface area contributed by atoms with Crippen LogP contribution in [-0.4, -0.2) is 42.4 Å². The number of nitrogens with one attached hydrogen (secondary N) is 1. The van der Waals surface area contributed by atoms with Gasteiger partial charge in [-0.1, -0.05) is 0 Å². The molecule has 1 atom stereocenters. The number of hydrogen-bond acceptors (Lipinski definition) is 5. The maximum atomic E-state index is 5.52. The fourth-order valence-corrected chi connectivity index (χ4v) is 1.50. The minimum Gasteiger partial charge on any atom is -0.376 e. The molecule has 0 aromatic carbocycles. The molecule has 1 saturated heterocycles.